The Balaban J connectivity index is 1.57. The molecule has 0 saturated carbocycles. The zero-order valence-electron chi connectivity index (χ0n) is 15.3. The van der Waals surface area contributed by atoms with Crippen molar-refractivity contribution in [1.29, 1.82) is 0 Å². The summed E-state index contributed by atoms with van der Waals surface area (Å²) in [4.78, 5) is 4.09. The van der Waals surface area contributed by atoms with Gasteiger partial charge in [-0.1, -0.05) is 30.3 Å². The maximum atomic E-state index is 5.64. The van der Waals surface area contributed by atoms with E-state index in [0.717, 1.165) is 31.1 Å². The summed E-state index contributed by atoms with van der Waals surface area (Å²) in [5, 5.41) is 3.50. The summed E-state index contributed by atoms with van der Waals surface area (Å²) >= 11 is 0. The molecule has 0 bridgehead atoms. The van der Waals surface area contributed by atoms with Crippen molar-refractivity contribution in [2.24, 2.45) is 0 Å². The number of nitrogens with one attached hydrogen (secondary N) is 1. The van der Waals surface area contributed by atoms with Crippen molar-refractivity contribution in [2.45, 2.75) is 26.6 Å². The first-order chi connectivity index (χ1) is 12.8. The Kier molecular flexibility index (Phi) is 6.28. The smallest absolute Gasteiger partial charge is 0.161 e. The molecule has 0 atom stereocenters. The number of aromatic nitrogens is 2. The van der Waals surface area contributed by atoms with Crippen molar-refractivity contribution in [1.82, 2.24) is 14.9 Å². The van der Waals surface area contributed by atoms with Crippen molar-refractivity contribution in [3.05, 3.63) is 77.9 Å². The molecule has 0 spiro atoms. The predicted octanol–water partition coefficient (Wildman–Crippen LogP) is 3.63. The fourth-order valence-corrected chi connectivity index (χ4v) is 2.88. The molecule has 0 aliphatic carbocycles. The molecule has 26 heavy (non-hydrogen) atoms. The average molecular weight is 351 g/mol. The molecule has 0 unspecified atom stereocenters. The fraction of sp³-hybridized carbons (Fsp3) is 0.286. The van der Waals surface area contributed by atoms with E-state index < -0.39 is 0 Å². The Morgan fingerprint density at radius 1 is 1.00 bits per heavy atom. The van der Waals surface area contributed by atoms with Crippen LogP contribution in [0, 0.1) is 0 Å². The van der Waals surface area contributed by atoms with E-state index in [4.69, 9.17) is 9.47 Å². The van der Waals surface area contributed by atoms with Gasteiger partial charge in [-0.05, 0) is 35.7 Å². The van der Waals surface area contributed by atoms with E-state index in [1.807, 2.05) is 31.6 Å². The molecule has 0 aliphatic rings. The fourth-order valence-electron chi connectivity index (χ4n) is 2.88. The molecule has 1 aromatic heterocycles. The van der Waals surface area contributed by atoms with Crippen LogP contribution in [0.3, 0.4) is 0 Å². The van der Waals surface area contributed by atoms with Crippen molar-refractivity contribution in [3.63, 3.8) is 0 Å². The molecule has 1 N–H and O–H groups in total. The molecular formula is C21H25N3O2. The normalized spacial score (nSPS) is 10.7. The van der Waals surface area contributed by atoms with E-state index in [1.165, 1.54) is 16.7 Å². The zero-order valence-corrected chi connectivity index (χ0v) is 15.3. The SMILES string of the molecule is CCOc1cc(CNCc2cccc(Cn3ccnc3)c2)ccc1OC. The summed E-state index contributed by atoms with van der Waals surface area (Å²) in [6.45, 7) is 5.02. The lowest BCUT2D eigenvalue weighted by Crippen LogP contribution is -2.13. The van der Waals surface area contributed by atoms with Crippen LogP contribution in [0.15, 0.2) is 61.2 Å². The Labute approximate surface area is 154 Å². The Morgan fingerprint density at radius 3 is 2.54 bits per heavy atom. The first-order valence-electron chi connectivity index (χ1n) is 8.82. The van der Waals surface area contributed by atoms with Crippen LogP contribution >= 0.6 is 0 Å². The second-order valence-electron chi connectivity index (χ2n) is 6.08. The van der Waals surface area contributed by atoms with Crippen LogP contribution in [0.25, 0.3) is 0 Å². The minimum absolute atomic E-state index is 0.622. The number of nitrogens with zero attached hydrogens (tertiary/aromatic N) is 2. The molecule has 0 fully saturated rings. The van der Waals surface area contributed by atoms with Gasteiger partial charge in [0, 0.05) is 32.0 Å². The molecule has 0 saturated heterocycles. The highest BCUT2D eigenvalue weighted by molar-refractivity contribution is 5.43. The van der Waals surface area contributed by atoms with Crippen molar-refractivity contribution in [3.8, 4) is 11.5 Å². The predicted molar refractivity (Wildman–Crippen MR) is 102 cm³/mol. The lowest BCUT2D eigenvalue weighted by atomic mass is 10.1. The molecular weight excluding hydrogens is 326 g/mol. The van der Waals surface area contributed by atoms with Gasteiger partial charge in [0.05, 0.1) is 20.0 Å². The molecule has 136 valence electrons. The van der Waals surface area contributed by atoms with Crippen LogP contribution in [-0.2, 0) is 19.6 Å². The number of benzene rings is 2. The topological polar surface area (TPSA) is 48.3 Å². The van der Waals surface area contributed by atoms with Gasteiger partial charge in [-0.15, -0.1) is 0 Å². The highest BCUT2D eigenvalue weighted by atomic mass is 16.5. The van der Waals surface area contributed by atoms with Gasteiger partial charge >= 0.3 is 0 Å². The van der Waals surface area contributed by atoms with Gasteiger partial charge in [-0.25, -0.2) is 4.98 Å². The molecule has 0 radical (unpaired) electrons. The van der Waals surface area contributed by atoms with Gasteiger partial charge in [-0.2, -0.15) is 0 Å². The van der Waals surface area contributed by atoms with Crippen LogP contribution in [0.2, 0.25) is 0 Å². The Morgan fingerprint density at radius 2 is 1.81 bits per heavy atom. The minimum Gasteiger partial charge on any atom is -0.493 e. The molecule has 1 heterocycles. The van der Waals surface area contributed by atoms with E-state index in [-0.39, 0.29) is 0 Å². The lowest BCUT2D eigenvalue weighted by molar-refractivity contribution is 0.310. The number of ether oxygens (including phenoxy) is 2. The van der Waals surface area contributed by atoms with Crippen molar-refractivity contribution in [2.75, 3.05) is 13.7 Å². The van der Waals surface area contributed by atoms with Crippen LogP contribution in [-0.4, -0.2) is 23.3 Å². The van der Waals surface area contributed by atoms with E-state index in [0.29, 0.717) is 6.61 Å². The third-order valence-electron chi connectivity index (χ3n) is 4.10. The molecule has 0 amide bonds. The van der Waals surface area contributed by atoms with Crippen molar-refractivity contribution >= 4 is 0 Å². The molecule has 5 nitrogen and oxygen atoms in total. The van der Waals surface area contributed by atoms with Crippen LogP contribution in [0.5, 0.6) is 11.5 Å². The van der Waals surface area contributed by atoms with Gasteiger partial charge in [0.15, 0.2) is 11.5 Å². The first kappa shape index (κ1) is 18.0. The van der Waals surface area contributed by atoms with E-state index >= 15 is 0 Å². The van der Waals surface area contributed by atoms with Gasteiger partial charge in [0.25, 0.3) is 0 Å². The maximum Gasteiger partial charge on any atom is 0.161 e. The number of methoxy groups -OCH3 is 1. The minimum atomic E-state index is 0.622. The summed E-state index contributed by atoms with van der Waals surface area (Å²) in [5.74, 6) is 1.56. The van der Waals surface area contributed by atoms with Gasteiger partial charge in [0.1, 0.15) is 0 Å². The molecule has 3 aromatic rings. The highest BCUT2D eigenvalue weighted by Gasteiger charge is 2.05. The van der Waals surface area contributed by atoms with Crippen LogP contribution in [0.4, 0.5) is 0 Å². The third-order valence-corrected chi connectivity index (χ3v) is 4.10. The van der Waals surface area contributed by atoms with E-state index in [2.05, 4.69) is 45.2 Å². The van der Waals surface area contributed by atoms with E-state index in [1.54, 1.807) is 13.3 Å². The van der Waals surface area contributed by atoms with Gasteiger partial charge in [0.2, 0.25) is 0 Å². The summed E-state index contributed by atoms with van der Waals surface area (Å²) in [7, 11) is 1.66. The molecule has 2 aromatic carbocycles. The number of hydrogen-bond acceptors (Lipinski definition) is 4. The second kappa shape index (κ2) is 9.06. The summed E-state index contributed by atoms with van der Waals surface area (Å²) in [6, 6.07) is 14.7. The lowest BCUT2D eigenvalue weighted by Gasteiger charge is -2.12. The van der Waals surface area contributed by atoms with E-state index in [9.17, 15) is 0 Å². The van der Waals surface area contributed by atoms with Gasteiger partial charge < -0.3 is 19.4 Å². The molecule has 0 aliphatic heterocycles. The zero-order chi connectivity index (χ0) is 18.2. The van der Waals surface area contributed by atoms with Crippen molar-refractivity contribution < 1.29 is 9.47 Å². The maximum absolute atomic E-state index is 5.64. The summed E-state index contributed by atoms with van der Waals surface area (Å²) in [6.07, 6.45) is 5.62. The number of imidazole rings is 1. The third kappa shape index (κ3) is 4.86. The summed E-state index contributed by atoms with van der Waals surface area (Å²) in [5.41, 5.74) is 3.70. The summed E-state index contributed by atoms with van der Waals surface area (Å²) < 4.78 is 13.0. The molecule has 3 rings (SSSR count). The van der Waals surface area contributed by atoms with Crippen LogP contribution in [0.1, 0.15) is 23.6 Å². The quantitative estimate of drug-likeness (QED) is 0.640. The molecule has 5 heteroatoms. The Hall–Kier alpha value is -2.79. The largest absolute Gasteiger partial charge is 0.493 e. The van der Waals surface area contributed by atoms with Crippen LogP contribution < -0.4 is 14.8 Å². The standard InChI is InChI=1S/C21H25N3O2/c1-3-26-21-12-18(7-8-20(21)25-2)14-23-13-17-5-4-6-19(11-17)15-24-10-9-22-16-24/h4-12,16,23H,3,13-15H2,1-2H3. The number of hydrogen-bond donors (Lipinski definition) is 1. The Bertz CT molecular complexity index is 816. The first-order valence-corrected chi connectivity index (χ1v) is 8.82. The van der Waals surface area contributed by atoms with Gasteiger partial charge in [-0.3, -0.25) is 0 Å². The number of rotatable bonds is 9. The monoisotopic (exact) mass is 351 g/mol. The highest BCUT2D eigenvalue weighted by Crippen LogP contribution is 2.28. The average Bonchev–Trinajstić information content (AvgIpc) is 3.16. The second-order valence-corrected chi connectivity index (χ2v) is 6.08.